The normalized spacial score (nSPS) is 12.2. The molecule has 0 bridgehead atoms. The number of nitrogens with one attached hydrogen (secondary N) is 1. The highest BCUT2D eigenvalue weighted by Gasteiger charge is 2.00. The van der Waals surface area contributed by atoms with Gasteiger partial charge in [-0.15, -0.1) is 0 Å². The molecule has 0 aliphatic rings. The fourth-order valence-corrected chi connectivity index (χ4v) is 1.57. The molecule has 1 atom stereocenters. The van der Waals surface area contributed by atoms with Gasteiger partial charge in [0.05, 0.1) is 34.0 Å². The Hall–Kier alpha value is -1.30. The van der Waals surface area contributed by atoms with E-state index in [4.69, 9.17) is 19.3 Å². The Balaban J connectivity index is 2.07. The number of hydrogen-bond acceptors (Lipinski definition) is 4. The minimum Gasteiger partial charge on any atom is -0.497 e. The third-order valence-corrected chi connectivity index (χ3v) is 2.75. The fourth-order valence-electron chi connectivity index (χ4n) is 1.57. The van der Waals surface area contributed by atoms with Gasteiger partial charge in [-0.25, -0.2) is 0 Å². The van der Waals surface area contributed by atoms with Crippen LogP contribution in [0.25, 0.3) is 0 Å². The molecule has 1 aromatic carbocycles. The predicted octanol–water partition coefficient (Wildman–Crippen LogP) is -0.402. The zero-order chi connectivity index (χ0) is 13.9. The van der Waals surface area contributed by atoms with E-state index in [1.54, 1.807) is 7.11 Å². The molecule has 0 fully saturated rings. The molecule has 0 saturated carbocycles. The van der Waals surface area contributed by atoms with Gasteiger partial charge in [0.1, 0.15) is 31.2 Å². The van der Waals surface area contributed by atoms with Gasteiger partial charge in [0.25, 0.3) is 0 Å². The first-order chi connectivity index (χ1) is 9.26. The van der Waals surface area contributed by atoms with Gasteiger partial charge in [0.15, 0.2) is 0 Å². The van der Waals surface area contributed by atoms with Crippen molar-refractivity contribution in [2.45, 2.75) is 0 Å². The van der Waals surface area contributed by atoms with Crippen molar-refractivity contribution in [2.24, 2.45) is 0 Å². The molecule has 108 valence electrons. The number of quaternary nitrogens is 1. The van der Waals surface area contributed by atoms with Gasteiger partial charge in [-0.05, 0) is 12.1 Å². The lowest BCUT2D eigenvalue weighted by Crippen LogP contribution is -3.10. The highest BCUT2D eigenvalue weighted by molar-refractivity contribution is 5.32. The van der Waals surface area contributed by atoms with E-state index in [0.29, 0.717) is 19.8 Å². The van der Waals surface area contributed by atoms with Crippen molar-refractivity contribution in [2.75, 3.05) is 53.7 Å². The number of ether oxygens (including phenoxy) is 3. The number of rotatable bonds is 10. The van der Waals surface area contributed by atoms with Crippen LogP contribution in [0.2, 0.25) is 0 Å². The minimum atomic E-state index is 0.213. The summed E-state index contributed by atoms with van der Waals surface area (Å²) in [5.74, 6) is 1.57. The largest absolute Gasteiger partial charge is 0.497 e. The van der Waals surface area contributed by atoms with Crippen molar-refractivity contribution in [3.8, 4) is 11.5 Å². The standard InChI is InChI=1S/C14H23NO4/c1-15(6-8-16)7-9-18-10-11-19-14-5-3-4-13(12-14)17-2/h3-5,12,16H,6-11H2,1-2H3/p+1. The van der Waals surface area contributed by atoms with Crippen LogP contribution >= 0.6 is 0 Å². The maximum atomic E-state index is 8.75. The second-order valence-electron chi connectivity index (χ2n) is 4.32. The van der Waals surface area contributed by atoms with Crippen LogP contribution in [0.5, 0.6) is 11.5 Å². The van der Waals surface area contributed by atoms with Crippen molar-refractivity contribution in [3.63, 3.8) is 0 Å². The Morgan fingerprint density at radius 3 is 2.63 bits per heavy atom. The lowest BCUT2D eigenvalue weighted by Gasteiger charge is -2.12. The quantitative estimate of drug-likeness (QED) is 0.568. The first kappa shape index (κ1) is 15.8. The highest BCUT2D eigenvalue weighted by Crippen LogP contribution is 2.18. The van der Waals surface area contributed by atoms with E-state index in [0.717, 1.165) is 24.6 Å². The minimum absolute atomic E-state index is 0.213. The Bertz CT molecular complexity index is 346. The molecular formula is C14H24NO4+. The van der Waals surface area contributed by atoms with Crippen LogP contribution in [-0.2, 0) is 4.74 Å². The van der Waals surface area contributed by atoms with Gasteiger partial charge >= 0.3 is 0 Å². The fraction of sp³-hybridized carbons (Fsp3) is 0.571. The van der Waals surface area contributed by atoms with E-state index in [1.807, 2.05) is 31.3 Å². The molecule has 0 aromatic heterocycles. The van der Waals surface area contributed by atoms with E-state index in [-0.39, 0.29) is 6.61 Å². The summed E-state index contributed by atoms with van der Waals surface area (Å²) in [6.07, 6.45) is 0. The summed E-state index contributed by atoms with van der Waals surface area (Å²) in [7, 11) is 3.67. The van der Waals surface area contributed by atoms with Crippen LogP contribution in [-0.4, -0.2) is 58.8 Å². The van der Waals surface area contributed by atoms with E-state index in [1.165, 1.54) is 4.90 Å². The number of hydrogen-bond donors (Lipinski definition) is 2. The topological polar surface area (TPSA) is 52.4 Å². The molecule has 0 spiro atoms. The summed E-state index contributed by atoms with van der Waals surface area (Å²) in [5, 5.41) is 8.75. The first-order valence-corrected chi connectivity index (χ1v) is 6.53. The average Bonchev–Trinajstić information content (AvgIpc) is 2.43. The SMILES string of the molecule is COc1cccc(OCCOCC[NH+](C)CCO)c1. The van der Waals surface area contributed by atoms with Crippen LogP contribution in [0.1, 0.15) is 0 Å². The highest BCUT2D eigenvalue weighted by atomic mass is 16.5. The number of methoxy groups -OCH3 is 1. The molecule has 1 aromatic rings. The molecule has 5 heteroatoms. The zero-order valence-corrected chi connectivity index (χ0v) is 11.7. The lowest BCUT2D eigenvalue weighted by atomic mass is 10.3. The van der Waals surface area contributed by atoms with Crippen LogP contribution in [0.4, 0.5) is 0 Å². The number of likely N-dealkylation sites (N-methyl/N-ethyl adjacent to an activating group) is 1. The third kappa shape index (κ3) is 7.00. The van der Waals surface area contributed by atoms with Crippen molar-refractivity contribution in [1.29, 1.82) is 0 Å². The van der Waals surface area contributed by atoms with Crippen molar-refractivity contribution >= 4 is 0 Å². The monoisotopic (exact) mass is 270 g/mol. The molecule has 0 aliphatic heterocycles. The average molecular weight is 270 g/mol. The molecule has 0 aliphatic carbocycles. The van der Waals surface area contributed by atoms with Crippen LogP contribution in [0.3, 0.4) is 0 Å². The van der Waals surface area contributed by atoms with Gasteiger partial charge < -0.3 is 24.2 Å². The number of aliphatic hydroxyl groups excluding tert-OH is 1. The van der Waals surface area contributed by atoms with E-state index in [2.05, 4.69) is 0 Å². The van der Waals surface area contributed by atoms with Gasteiger partial charge in [-0.1, -0.05) is 6.07 Å². The smallest absolute Gasteiger partial charge is 0.123 e. The lowest BCUT2D eigenvalue weighted by molar-refractivity contribution is -0.880. The summed E-state index contributed by atoms with van der Waals surface area (Å²) < 4.78 is 16.1. The van der Waals surface area contributed by atoms with Gasteiger partial charge in [-0.2, -0.15) is 0 Å². The molecule has 1 unspecified atom stereocenters. The van der Waals surface area contributed by atoms with Gasteiger partial charge in [-0.3, -0.25) is 0 Å². The zero-order valence-electron chi connectivity index (χ0n) is 11.7. The summed E-state index contributed by atoms with van der Waals surface area (Å²) in [5.41, 5.74) is 0. The maximum absolute atomic E-state index is 8.75. The predicted molar refractivity (Wildman–Crippen MR) is 73.0 cm³/mol. The second-order valence-corrected chi connectivity index (χ2v) is 4.32. The molecule has 0 saturated heterocycles. The Labute approximate surface area is 114 Å². The molecule has 19 heavy (non-hydrogen) atoms. The van der Waals surface area contributed by atoms with E-state index in [9.17, 15) is 0 Å². The van der Waals surface area contributed by atoms with Crippen molar-refractivity contribution in [3.05, 3.63) is 24.3 Å². The summed E-state index contributed by atoms with van der Waals surface area (Å²) in [4.78, 5) is 1.26. The van der Waals surface area contributed by atoms with Crippen LogP contribution < -0.4 is 14.4 Å². The third-order valence-electron chi connectivity index (χ3n) is 2.75. The van der Waals surface area contributed by atoms with Crippen LogP contribution in [0.15, 0.2) is 24.3 Å². The Morgan fingerprint density at radius 2 is 1.89 bits per heavy atom. The van der Waals surface area contributed by atoms with Crippen molar-refractivity contribution < 1.29 is 24.2 Å². The number of aliphatic hydroxyl groups is 1. The van der Waals surface area contributed by atoms with Crippen LogP contribution in [0, 0.1) is 0 Å². The molecule has 0 heterocycles. The molecule has 1 rings (SSSR count). The second kappa shape index (κ2) is 9.61. The van der Waals surface area contributed by atoms with Gasteiger partial charge in [0, 0.05) is 6.07 Å². The summed E-state index contributed by atoms with van der Waals surface area (Å²) in [6.45, 7) is 3.61. The van der Waals surface area contributed by atoms with E-state index >= 15 is 0 Å². The summed E-state index contributed by atoms with van der Waals surface area (Å²) >= 11 is 0. The Morgan fingerprint density at radius 1 is 1.11 bits per heavy atom. The number of benzene rings is 1. The maximum Gasteiger partial charge on any atom is 0.123 e. The molecule has 2 N–H and O–H groups in total. The molecule has 0 amide bonds. The molecule has 0 radical (unpaired) electrons. The Kier molecular flexibility index (Phi) is 7.97. The molecule has 5 nitrogen and oxygen atoms in total. The van der Waals surface area contributed by atoms with Gasteiger partial charge in [0.2, 0.25) is 0 Å². The van der Waals surface area contributed by atoms with E-state index < -0.39 is 0 Å². The summed E-state index contributed by atoms with van der Waals surface area (Å²) in [6, 6.07) is 7.51. The first-order valence-electron chi connectivity index (χ1n) is 6.53. The van der Waals surface area contributed by atoms with Crippen molar-refractivity contribution in [1.82, 2.24) is 0 Å². The molecular weight excluding hydrogens is 246 g/mol.